The number of thioether (sulfide) groups is 1. The molecule has 0 saturated carbocycles. The fourth-order valence-electron chi connectivity index (χ4n) is 2.38. The van der Waals surface area contributed by atoms with Gasteiger partial charge in [0.15, 0.2) is 0 Å². The lowest BCUT2D eigenvalue weighted by atomic mass is 10.2. The van der Waals surface area contributed by atoms with Crippen LogP contribution in [0.25, 0.3) is 6.08 Å². The van der Waals surface area contributed by atoms with Crippen molar-refractivity contribution < 1.29 is 13.2 Å². The van der Waals surface area contributed by atoms with E-state index in [0.29, 0.717) is 24.2 Å². The predicted molar refractivity (Wildman–Crippen MR) is 113 cm³/mol. The van der Waals surface area contributed by atoms with E-state index in [1.807, 2.05) is 6.92 Å². The van der Waals surface area contributed by atoms with Crippen LogP contribution in [-0.4, -0.2) is 19.4 Å². The fraction of sp³-hybridized carbons (Fsp3) is 0.190. The Bertz CT molecular complexity index is 958. The van der Waals surface area contributed by atoms with Crippen LogP contribution in [0.1, 0.15) is 24.0 Å². The molecule has 0 N–H and O–H groups in total. The van der Waals surface area contributed by atoms with Crippen LogP contribution in [0.3, 0.4) is 0 Å². The van der Waals surface area contributed by atoms with Gasteiger partial charge in [0.1, 0.15) is 0 Å². The van der Waals surface area contributed by atoms with Crippen molar-refractivity contribution in [2.24, 2.45) is 0 Å². The minimum Gasteiger partial charge on any atom is -0.260 e. The summed E-state index contributed by atoms with van der Waals surface area (Å²) in [7, 11) is -4.07. The summed E-state index contributed by atoms with van der Waals surface area (Å²) in [4.78, 5) is 12.9. The highest BCUT2D eigenvalue weighted by atomic mass is 32.2. The molecule has 1 amide bonds. The number of sulfonamides is 1. The molecular weight excluding hydrogens is 378 g/mol. The minimum absolute atomic E-state index is 0.0598. The molecule has 0 spiro atoms. The summed E-state index contributed by atoms with van der Waals surface area (Å²) in [6, 6.07) is 13.2. The number of hydrogen-bond acceptors (Lipinski definition) is 4. The summed E-state index contributed by atoms with van der Waals surface area (Å²) in [6.45, 7) is 5.59. The van der Waals surface area contributed by atoms with Crippen molar-refractivity contribution in [1.82, 2.24) is 0 Å². The highest BCUT2D eigenvalue weighted by Gasteiger charge is 2.32. The second-order valence-electron chi connectivity index (χ2n) is 5.77. The Morgan fingerprint density at radius 3 is 2.52 bits per heavy atom. The number of carbonyl (C=O) groups excluding carboxylic acids is 1. The zero-order valence-electron chi connectivity index (χ0n) is 15.1. The maximum atomic E-state index is 13.3. The summed E-state index contributed by atoms with van der Waals surface area (Å²) in [5.74, 6) is 2.96. The number of aryl methyl sites for hydroxylation is 1. The van der Waals surface area contributed by atoms with Crippen molar-refractivity contribution in [2.45, 2.75) is 24.7 Å². The van der Waals surface area contributed by atoms with Crippen LogP contribution in [0.4, 0.5) is 10.5 Å². The first-order chi connectivity index (χ1) is 12.9. The highest BCUT2D eigenvalue weighted by molar-refractivity contribution is 8.15. The van der Waals surface area contributed by atoms with Gasteiger partial charge in [0.25, 0.3) is 15.3 Å². The van der Waals surface area contributed by atoms with E-state index >= 15 is 0 Å². The molecule has 0 aliphatic heterocycles. The molecule has 0 atom stereocenters. The second-order valence-corrected chi connectivity index (χ2v) is 8.60. The first-order valence-corrected chi connectivity index (χ1v) is 10.8. The van der Waals surface area contributed by atoms with Gasteiger partial charge in [0.05, 0.1) is 10.6 Å². The van der Waals surface area contributed by atoms with E-state index < -0.39 is 15.3 Å². The molecule has 6 heteroatoms. The molecule has 0 radical (unpaired) electrons. The molecule has 2 aromatic rings. The molecule has 0 aliphatic carbocycles. The summed E-state index contributed by atoms with van der Waals surface area (Å²) in [6.07, 6.45) is 7.93. The summed E-state index contributed by atoms with van der Waals surface area (Å²) < 4.78 is 27.4. The quantitative estimate of drug-likeness (QED) is 0.480. The van der Waals surface area contributed by atoms with Crippen LogP contribution in [0.5, 0.6) is 0 Å². The lowest BCUT2D eigenvalue weighted by Gasteiger charge is -2.24. The van der Waals surface area contributed by atoms with Crippen molar-refractivity contribution >= 4 is 38.8 Å². The van der Waals surface area contributed by atoms with E-state index in [-0.39, 0.29) is 10.6 Å². The third kappa shape index (κ3) is 5.03. The van der Waals surface area contributed by atoms with Crippen molar-refractivity contribution in [3.8, 4) is 12.3 Å². The van der Waals surface area contributed by atoms with Crippen molar-refractivity contribution in [3.63, 3.8) is 0 Å². The summed E-state index contributed by atoms with van der Waals surface area (Å²) in [5, 5.41) is -0.568. The van der Waals surface area contributed by atoms with Gasteiger partial charge in [-0.2, -0.15) is 4.31 Å². The second kappa shape index (κ2) is 9.45. The Labute approximate surface area is 165 Å². The monoisotopic (exact) mass is 399 g/mol. The van der Waals surface area contributed by atoms with Crippen LogP contribution in [0.2, 0.25) is 0 Å². The molecular formula is C21H21NO3S2. The maximum absolute atomic E-state index is 13.3. The zero-order chi connectivity index (χ0) is 19.9. The molecule has 0 heterocycles. The van der Waals surface area contributed by atoms with E-state index in [1.54, 1.807) is 36.4 Å². The van der Waals surface area contributed by atoms with Gasteiger partial charge >= 0.3 is 0 Å². The van der Waals surface area contributed by atoms with E-state index in [2.05, 4.69) is 12.5 Å². The van der Waals surface area contributed by atoms with Crippen LogP contribution < -0.4 is 4.31 Å². The van der Waals surface area contributed by atoms with E-state index in [9.17, 15) is 13.2 Å². The molecule has 2 aromatic carbocycles. The average molecular weight is 400 g/mol. The van der Waals surface area contributed by atoms with Gasteiger partial charge < -0.3 is 0 Å². The predicted octanol–water partition coefficient (Wildman–Crippen LogP) is 5.10. The Hall–Kier alpha value is -2.49. The molecule has 0 saturated heterocycles. The third-order valence-corrected chi connectivity index (χ3v) is 6.54. The number of anilines is 1. The standard InChI is InChI=1S/C21H21NO3S2/c1-4-6-9-16-26-21(23)22(20-11-8-7-10-18(20)5-2)27(24,25)19-14-12-17(3)13-15-19/h1,5,7-8,10-15H,2,6,9,16H2,3H3. The van der Waals surface area contributed by atoms with Crippen molar-refractivity contribution in [2.75, 3.05) is 10.1 Å². The molecule has 0 bridgehead atoms. The smallest absolute Gasteiger partial charge is 0.260 e. The van der Waals surface area contributed by atoms with E-state index in [4.69, 9.17) is 6.42 Å². The Kier molecular flexibility index (Phi) is 7.28. The van der Waals surface area contributed by atoms with Gasteiger partial charge in [-0.15, -0.1) is 12.3 Å². The van der Waals surface area contributed by atoms with Crippen LogP contribution in [0.15, 0.2) is 60.0 Å². The number of benzene rings is 2. The number of carbonyl (C=O) groups is 1. The topological polar surface area (TPSA) is 54.5 Å². The van der Waals surface area contributed by atoms with Gasteiger partial charge in [-0.1, -0.05) is 60.3 Å². The average Bonchev–Trinajstić information content (AvgIpc) is 2.66. The first kappa shape index (κ1) is 20.8. The van der Waals surface area contributed by atoms with Crippen molar-refractivity contribution in [1.29, 1.82) is 0 Å². The Morgan fingerprint density at radius 1 is 1.22 bits per heavy atom. The normalized spacial score (nSPS) is 10.8. The van der Waals surface area contributed by atoms with E-state index in [1.165, 1.54) is 18.2 Å². The Morgan fingerprint density at radius 2 is 1.89 bits per heavy atom. The van der Waals surface area contributed by atoms with Crippen molar-refractivity contribution in [3.05, 3.63) is 66.2 Å². The third-order valence-electron chi connectivity index (χ3n) is 3.79. The molecule has 0 aliphatic rings. The van der Waals surface area contributed by atoms with Gasteiger partial charge in [-0.05, 0) is 37.1 Å². The van der Waals surface area contributed by atoms with Crippen LogP contribution >= 0.6 is 11.8 Å². The highest BCUT2D eigenvalue weighted by Crippen LogP contribution is 2.31. The molecule has 2 rings (SSSR count). The maximum Gasteiger partial charge on any atom is 0.300 e. The number of rotatable bonds is 7. The fourth-order valence-corrected chi connectivity index (χ4v) is 4.82. The Balaban J connectivity index is 2.49. The van der Waals surface area contributed by atoms with Gasteiger partial charge in [-0.3, -0.25) is 4.79 Å². The summed E-state index contributed by atoms with van der Waals surface area (Å²) in [5.41, 5.74) is 1.77. The lowest BCUT2D eigenvalue weighted by molar-refractivity contribution is 0.267. The van der Waals surface area contributed by atoms with Gasteiger partial charge in [0, 0.05) is 12.2 Å². The lowest BCUT2D eigenvalue weighted by Crippen LogP contribution is -2.35. The minimum atomic E-state index is -4.07. The van der Waals surface area contributed by atoms with Gasteiger partial charge in [-0.25, -0.2) is 8.42 Å². The molecule has 27 heavy (non-hydrogen) atoms. The molecule has 4 nitrogen and oxygen atoms in total. The molecule has 0 fully saturated rings. The zero-order valence-corrected chi connectivity index (χ0v) is 16.7. The largest absolute Gasteiger partial charge is 0.300 e. The number of terminal acetylenes is 1. The molecule has 0 unspecified atom stereocenters. The van der Waals surface area contributed by atoms with Crippen LogP contribution in [-0.2, 0) is 10.0 Å². The van der Waals surface area contributed by atoms with Gasteiger partial charge in [0.2, 0.25) is 0 Å². The first-order valence-electron chi connectivity index (χ1n) is 8.35. The number of hydrogen-bond donors (Lipinski definition) is 0. The number of unbranched alkanes of at least 4 members (excludes halogenated alkanes) is 1. The molecule has 0 aromatic heterocycles. The molecule has 140 valence electrons. The van der Waals surface area contributed by atoms with Crippen LogP contribution in [0, 0.1) is 19.3 Å². The number of amides is 1. The summed E-state index contributed by atoms with van der Waals surface area (Å²) >= 11 is 0.941. The number of nitrogens with zero attached hydrogens (tertiary/aromatic N) is 1. The number of para-hydroxylation sites is 1. The van der Waals surface area contributed by atoms with E-state index in [0.717, 1.165) is 21.6 Å². The SMILES string of the molecule is C#CCCCSC(=O)N(c1ccccc1C=C)S(=O)(=O)c1ccc(C)cc1.